The van der Waals surface area contributed by atoms with Crippen molar-refractivity contribution in [3.8, 4) is 0 Å². The molecule has 106 valence electrons. The summed E-state index contributed by atoms with van der Waals surface area (Å²) in [5, 5.41) is 3.40. The van der Waals surface area contributed by atoms with Gasteiger partial charge >= 0.3 is 0 Å². The average Bonchev–Trinajstić information content (AvgIpc) is 3.25. The van der Waals surface area contributed by atoms with Crippen molar-refractivity contribution in [2.45, 2.75) is 43.2 Å². The van der Waals surface area contributed by atoms with E-state index in [1.165, 1.54) is 12.8 Å². The fourth-order valence-electron chi connectivity index (χ4n) is 2.07. The fraction of sp³-hybridized carbons (Fsp3) is 0.692. The number of aromatic nitrogens is 1. The Kier molecular flexibility index (Phi) is 3.41. The van der Waals surface area contributed by atoms with Crippen molar-refractivity contribution >= 4 is 10.0 Å². The third-order valence-electron chi connectivity index (χ3n) is 3.80. The predicted octanol–water partition coefficient (Wildman–Crippen LogP) is 0.965. The molecular formula is C13H21N3O2S. The van der Waals surface area contributed by atoms with Crippen molar-refractivity contribution in [1.29, 1.82) is 0 Å². The highest BCUT2D eigenvalue weighted by Gasteiger charge is 2.25. The first kappa shape index (κ1) is 13.1. The Morgan fingerprint density at radius 2 is 2.05 bits per heavy atom. The lowest BCUT2D eigenvalue weighted by molar-refractivity contribution is 0.577. The topological polar surface area (TPSA) is 63.1 Å². The minimum atomic E-state index is -3.34. The summed E-state index contributed by atoms with van der Waals surface area (Å²) in [5.41, 5.74) is 1.01. The van der Waals surface area contributed by atoms with Gasteiger partial charge in [0.15, 0.2) is 0 Å². The van der Waals surface area contributed by atoms with Gasteiger partial charge in [-0.25, -0.2) is 13.1 Å². The third-order valence-corrected chi connectivity index (χ3v) is 5.19. The van der Waals surface area contributed by atoms with Crippen molar-refractivity contribution in [2.24, 2.45) is 13.0 Å². The molecule has 0 saturated heterocycles. The quantitative estimate of drug-likeness (QED) is 0.783. The van der Waals surface area contributed by atoms with E-state index in [0.29, 0.717) is 23.4 Å². The van der Waals surface area contributed by atoms with Crippen LogP contribution in [0.5, 0.6) is 0 Å². The Hall–Kier alpha value is -0.850. The molecule has 2 fully saturated rings. The van der Waals surface area contributed by atoms with Crippen molar-refractivity contribution in [3.05, 3.63) is 18.0 Å². The maximum Gasteiger partial charge on any atom is 0.242 e. The standard InChI is InChI=1S/C13H21N3O2S/c1-16-9-13(6-12(16)8-14-11-4-5-11)19(17,18)15-7-10-2-3-10/h6,9-11,14-15H,2-5,7-8H2,1H3. The van der Waals surface area contributed by atoms with E-state index in [1.54, 1.807) is 12.3 Å². The lowest BCUT2D eigenvalue weighted by Crippen LogP contribution is -2.25. The molecular weight excluding hydrogens is 262 g/mol. The predicted molar refractivity (Wildman–Crippen MR) is 73.2 cm³/mol. The molecule has 1 heterocycles. The van der Waals surface area contributed by atoms with Crippen LogP contribution in [-0.4, -0.2) is 25.6 Å². The molecule has 0 amide bonds. The summed E-state index contributed by atoms with van der Waals surface area (Å²) in [6, 6.07) is 2.40. The highest BCUT2D eigenvalue weighted by atomic mass is 32.2. The maximum atomic E-state index is 12.1. The SMILES string of the molecule is Cn1cc(S(=O)(=O)NCC2CC2)cc1CNC1CC1. The molecule has 2 N–H and O–H groups in total. The van der Waals surface area contributed by atoms with Gasteiger partial charge in [-0.2, -0.15) is 0 Å². The largest absolute Gasteiger partial charge is 0.352 e. The van der Waals surface area contributed by atoms with E-state index in [0.717, 1.165) is 25.1 Å². The zero-order chi connectivity index (χ0) is 13.5. The van der Waals surface area contributed by atoms with E-state index in [2.05, 4.69) is 10.0 Å². The van der Waals surface area contributed by atoms with Crippen LogP contribution >= 0.6 is 0 Å². The van der Waals surface area contributed by atoms with E-state index in [1.807, 2.05) is 11.6 Å². The van der Waals surface area contributed by atoms with Crippen LogP contribution in [-0.2, 0) is 23.6 Å². The summed E-state index contributed by atoms with van der Waals surface area (Å²) in [6.45, 7) is 1.31. The number of hydrogen-bond acceptors (Lipinski definition) is 3. The number of nitrogens with one attached hydrogen (secondary N) is 2. The highest BCUT2D eigenvalue weighted by Crippen LogP contribution is 2.28. The van der Waals surface area contributed by atoms with Gasteiger partial charge in [-0.3, -0.25) is 0 Å². The summed E-state index contributed by atoms with van der Waals surface area (Å²) >= 11 is 0. The Morgan fingerprint density at radius 1 is 1.32 bits per heavy atom. The van der Waals surface area contributed by atoms with E-state index < -0.39 is 10.0 Å². The lowest BCUT2D eigenvalue weighted by Gasteiger charge is -2.03. The molecule has 2 saturated carbocycles. The molecule has 1 aromatic heterocycles. The van der Waals surface area contributed by atoms with Gasteiger partial charge in [-0.15, -0.1) is 0 Å². The normalized spacial score (nSPS) is 19.8. The third kappa shape index (κ3) is 3.38. The Morgan fingerprint density at radius 3 is 2.68 bits per heavy atom. The van der Waals surface area contributed by atoms with E-state index in [9.17, 15) is 8.42 Å². The first-order chi connectivity index (χ1) is 9.04. The van der Waals surface area contributed by atoms with E-state index in [-0.39, 0.29) is 0 Å². The number of rotatable bonds is 7. The molecule has 0 unspecified atom stereocenters. The van der Waals surface area contributed by atoms with Gasteiger partial charge in [0, 0.05) is 38.1 Å². The smallest absolute Gasteiger partial charge is 0.242 e. The molecule has 19 heavy (non-hydrogen) atoms. The fourth-order valence-corrected chi connectivity index (χ4v) is 3.28. The number of sulfonamides is 1. The van der Waals surface area contributed by atoms with Gasteiger partial charge in [0.25, 0.3) is 0 Å². The van der Waals surface area contributed by atoms with Crippen LogP contribution < -0.4 is 10.0 Å². The molecule has 5 nitrogen and oxygen atoms in total. The van der Waals surface area contributed by atoms with Gasteiger partial charge in [0.05, 0.1) is 4.90 Å². The van der Waals surface area contributed by atoms with Crippen molar-refractivity contribution in [2.75, 3.05) is 6.54 Å². The second-order valence-corrected chi connectivity index (χ2v) is 7.50. The van der Waals surface area contributed by atoms with Crippen LogP contribution in [0.25, 0.3) is 0 Å². The van der Waals surface area contributed by atoms with Gasteiger partial charge in [-0.1, -0.05) is 0 Å². The lowest BCUT2D eigenvalue weighted by atomic mass is 10.4. The molecule has 0 spiro atoms. The first-order valence-electron chi connectivity index (χ1n) is 6.93. The van der Waals surface area contributed by atoms with Crippen molar-refractivity contribution in [1.82, 2.24) is 14.6 Å². The van der Waals surface area contributed by atoms with E-state index in [4.69, 9.17) is 0 Å². The van der Waals surface area contributed by atoms with Gasteiger partial charge in [0.2, 0.25) is 10.0 Å². The van der Waals surface area contributed by atoms with Crippen molar-refractivity contribution in [3.63, 3.8) is 0 Å². The molecule has 0 radical (unpaired) electrons. The summed E-state index contributed by atoms with van der Waals surface area (Å²) in [5.74, 6) is 0.550. The molecule has 0 aromatic carbocycles. The maximum absolute atomic E-state index is 12.1. The number of hydrogen-bond donors (Lipinski definition) is 2. The van der Waals surface area contributed by atoms with Gasteiger partial charge < -0.3 is 9.88 Å². The summed E-state index contributed by atoms with van der Waals surface area (Å²) < 4.78 is 28.9. The van der Waals surface area contributed by atoms with Gasteiger partial charge in [0.1, 0.15) is 0 Å². The first-order valence-corrected chi connectivity index (χ1v) is 8.41. The van der Waals surface area contributed by atoms with Crippen LogP contribution in [0.4, 0.5) is 0 Å². The second kappa shape index (κ2) is 4.92. The Bertz CT molecular complexity index is 556. The summed E-state index contributed by atoms with van der Waals surface area (Å²) in [4.78, 5) is 0.378. The minimum Gasteiger partial charge on any atom is -0.352 e. The second-order valence-electron chi connectivity index (χ2n) is 5.73. The molecule has 0 aliphatic heterocycles. The molecule has 2 aliphatic rings. The van der Waals surface area contributed by atoms with Gasteiger partial charge in [-0.05, 0) is 37.7 Å². The Labute approximate surface area is 114 Å². The van der Waals surface area contributed by atoms with Crippen LogP contribution in [0.1, 0.15) is 31.4 Å². The summed E-state index contributed by atoms with van der Waals surface area (Å²) in [6.07, 6.45) is 6.46. The highest BCUT2D eigenvalue weighted by molar-refractivity contribution is 7.89. The van der Waals surface area contributed by atoms with Crippen LogP contribution in [0, 0.1) is 5.92 Å². The summed E-state index contributed by atoms with van der Waals surface area (Å²) in [7, 11) is -1.45. The molecule has 3 rings (SSSR count). The molecule has 0 atom stereocenters. The zero-order valence-corrected chi connectivity index (χ0v) is 12.0. The van der Waals surface area contributed by atoms with Crippen molar-refractivity contribution < 1.29 is 8.42 Å². The molecule has 0 bridgehead atoms. The van der Waals surface area contributed by atoms with Crippen LogP contribution in [0.15, 0.2) is 17.2 Å². The van der Waals surface area contributed by atoms with E-state index >= 15 is 0 Å². The number of nitrogens with zero attached hydrogens (tertiary/aromatic N) is 1. The number of aryl methyl sites for hydroxylation is 1. The monoisotopic (exact) mass is 283 g/mol. The average molecular weight is 283 g/mol. The zero-order valence-electron chi connectivity index (χ0n) is 11.2. The molecule has 1 aromatic rings. The molecule has 6 heteroatoms. The Balaban J connectivity index is 1.66. The minimum absolute atomic E-state index is 0.378. The van der Waals surface area contributed by atoms with Crippen LogP contribution in [0.2, 0.25) is 0 Å². The van der Waals surface area contributed by atoms with Crippen LogP contribution in [0.3, 0.4) is 0 Å². The molecule has 2 aliphatic carbocycles.